The van der Waals surface area contributed by atoms with Crippen LogP contribution < -0.4 is 10.1 Å². The number of carbonyl (C=O) groups is 2. The molecular formula is C41H53F3N5O5P. The van der Waals surface area contributed by atoms with Crippen LogP contribution in [0, 0.1) is 0 Å². The van der Waals surface area contributed by atoms with Gasteiger partial charge in [0.25, 0.3) is 0 Å². The second kappa shape index (κ2) is 18.7. The van der Waals surface area contributed by atoms with Gasteiger partial charge in [0.2, 0.25) is 5.91 Å². The normalized spacial score (nSPS) is 22.2. The van der Waals surface area contributed by atoms with E-state index in [2.05, 4.69) is 23.4 Å². The molecule has 14 heteroatoms. The Kier molecular flexibility index (Phi) is 14.3. The Morgan fingerprint density at radius 1 is 1.11 bits per heavy atom. The first-order valence-corrected chi connectivity index (χ1v) is 20.0. The molecule has 10 nitrogen and oxygen atoms in total. The maximum Gasteiger partial charge on any atom is 0.416 e. The molecule has 55 heavy (non-hydrogen) atoms. The van der Waals surface area contributed by atoms with Crippen molar-refractivity contribution < 1.29 is 37.3 Å². The van der Waals surface area contributed by atoms with Crippen LogP contribution in [0.25, 0.3) is 6.08 Å². The Bertz CT molecular complexity index is 1730. The Morgan fingerprint density at radius 3 is 2.33 bits per heavy atom. The highest BCUT2D eigenvalue weighted by atomic mass is 31.1. The van der Waals surface area contributed by atoms with E-state index in [0.717, 1.165) is 76.1 Å². The highest BCUT2D eigenvalue weighted by Gasteiger charge is 2.45. The lowest BCUT2D eigenvalue weighted by atomic mass is 9.93. The molecule has 0 radical (unpaired) electrons. The van der Waals surface area contributed by atoms with E-state index >= 15 is 0 Å². The molecule has 0 saturated carbocycles. The number of carbonyl (C=O) groups excluding carboxylic acids is 2. The van der Waals surface area contributed by atoms with Gasteiger partial charge in [-0.25, -0.2) is 4.79 Å². The van der Waals surface area contributed by atoms with Gasteiger partial charge in [0, 0.05) is 32.2 Å². The molecule has 0 bridgehead atoms. The van der Waals surface area contributed by atoms with Crippen molar-refractivity contribution in [1.29, 1.82) is 0 Å². The molecule has 1 spiro atoms. The molecule has 2 aromatic rings. The lowest BCUT2D eigenvalue weighted by molar-refractivity contribution is -0.137. The van der Waals surface area contributed by atoms with Crippen LogP contribution in [-0.2, 0) is 15.7 Å². The third-order valence-electron chi connectivity index (χ3n) is 10.7. The van der Waals surface area contributed by atoms with Crippen molar-refractivity contribution in [3.63, 3.8) is 0 Å². The minimum Gasteiger partial charge on any atom is -0.496 e. The molecule has 6 rings (SSSR count). The minimum atomic E-state index is -4.57. The van der Waals surface area contributed by atoms with Crippen molar-refractivity contribution in [2.75, 3.05) is 59.2 Å². The van der Waals surface area contributed by atoms with Crippen LogP contribution in [0.3, 0.4) is 0 Å². The van der Waals surface area contributed by atoms with Crippen LogP contribution in [0.2, 0.25) is 0 Å². The topological polar surface area (TPSA) is 107 Å². The van der Waals surface area contributed by atoms with Crippen LogP contribution in [0.15, 0.2) is 78.3 Å². The average molecular weight is 784 g/mol. The number of amides is 3. The number of rotatable bonds is 9. The van der Waals surface area contributed by atoms with E-state index in [4.69, 9.17) is 19.6 Å². The summed E-state index contributed by atoms with van der Waals surface area (Å²) in [5.74, 6) is 0.210. The summed E-state index contributed by atoms with van der Waals surface area (Å²) >= 11 is 0. The molecule has 3 fully saturated rings. The van der Waals surface area contributed by atoms with Crippen molar-refractivity contribution in [1.82, 2.24) is 20.0 Å². The number of allylic oxidation sites excluding steroid dienone is 1. The summed E-state index contributed by atoms with van der Waals surface area (Å²) in [6.45, 7) is 14.7. The summed E-state index contributed by atoms with van der Waals surface area (Å²) in [6, 6.07) is 9.58. The largest absolute Gasteiger partial charge is 0.496 e. The summed E-state index contributed by atoms with van der Waals surface area (Å²) in [4.78, 5) is 38.3. The van der Waals surface area contributed by atoms with E-state index in [-0.39, 0.29) is 41.5 Å². The molecule has 4 aliphatic rings. The monoisotopic (exact) mass is 783 g/mol. The minimum absolute atomic E-state index is 0.0111. The standard InChI is InChI=1S/C38H47F3N5O4P.C3H6O/c1-5-25(3)34-33(27-9-7-26(6-2)8-10-27)43-35(30-12-11-28(38(39,40)41)23-31(30)49-4)46(34)36(48)45-17-13-29(14-18-45)42-32(47)24-44-19-15-37(16-20-44)50-21-22-51-37;1-2-3-4/h5-12,23,29,33-34,51H,2,13-22,24H2,1,3-4H3,(H,42,47);2,4H,1,3H2/b25-5+;. The number of aliphatic imine (C=N–C) groups is 1. The summed E-state index contributed by atoms with van der Waals surface area (Å²) in [5.41, 5.74) is 2.11. The fourth-order valence-electron chi connectivity index (χ4n) is 7.52. The molecule has 3 atom stereocenters. The van der Waals surface area contributed by atoms with Crippen LogP contribution in [0.5, 0.6) is 5.75 Å². The number of hydrogen-bond donors (Lipinski definition) is 2. The third kappa shape index (κ3) is 10.0. The summed E-state index contributed by atoms with van der Waals surface area (Å²) in [5, 5.41) is 11.0. The summed E-state index contributed by atoms with van der Waals surface area (Å²) < 4.78 is 52.6. The second-order valence-electron chi connectivity index (χ2n) is 14.2. The average Bonchev–Trinajstić information content (AvgIpc) is 3.83. The number of nitrogens with one attached hydrogen (secondary N) is 1. The summed E-state index contributed by atoms with van der Waals surface area (Å²) in [7, 11) is 2.15. The number of nitrogens with zero attached hydrogens (tertiary/aromatic N) is 4. The fraction of sp³-hybridized carbons (Fsp3) is 0.488. The van der Waals surface area contributed by atoms with Gasteiger partial charge in [-0.2, -0.15) is 13.2 Å². The third-order valence-corrected chi connectivity index (χ3v) is 12.4. The Labute approximate surface area is 323 Å². The maximum atomic E-state index is 14.6. The van der Waals surface area contributed by atoms with E-state index in [9.17, 15) is 22.8 Å². The number of ether oxygens (including phenoxy) is 2. The second-order valence-corrected chi connectivity index (χ2v) is 15.9. The number of aliphatic hydroxyl groups excluding tert-OH is 1. The number of hydrogen-bond acceptors (Lipinski definition) is 7. The van der Waals surface area contributed by atoms with Crippen LogP contribution >= 0.6 is 8.58 Å². The first-order chi connectivity index (χ1) is 26.4. The number of halogens is 3. The Morgan fingerprint density at radius 2 is 1.78 bits per heavy atom. The smallest absolute Gasteiger partial charge is 0.416 e. The fourth-order valence-corrected chi connectivity index (χ4v) is 8.96. The van der Waals surface area contributed by atoms with Gasteiger partial charge in [-0.1, -0.05) is 63.2 Å². The highest BCUT2D eigenvalue weighted by molar-refractivity contribution is 7.40. The predicted octanol–water partition coefficient (Wildman–Crippen LogP) is 6.86. The number of methoxy groups -OCH3 is 1. The zero-order valence-electron chi connectivity index (χ0n) is 31.9. The lowest BCUT2D eigenvalue weighted by Crippen LogP contribution is -2.54. The number of benzene rings is 2. The van der Waals surface area contributed by atoms with Gasteiger partial charge in [0.05, 0.1) is 49.4 Å². The van der Waals surface area contributed by atoms with Gasteiger partial charge >= 0.3 is 12.2 Å². The van der Waals surface area contributed by atoms with Crippen molar-refractivity contribution in [2.24, 2.45) is 4.99 Å². The van der Waals surface area contributed by atoms with Crippen molar-refractivity contribution >= 4 is 32.4 Å². The van der Waals surface area contributed by atoms with E-state index in [0.29, 0.717) is 38.0 Å². The van der Waals surface area contributed by atoms with Crippen molar-refractivity contribution in [2.45, 2.75) is 69.2 Å². The zero-order chi connectivity index (χ0) is 39.8. The molecule has 0 aliphatic carbocycles. The maximum absolute atomic E-state index is 14.6. The van der Waals surface area contributed by atoms with Crippen LogP contribution in [0.1, 0.15) is 67.8 Å². The van der Waals surface area contributed by atoms with Gasteiger partial charge in [0.15, 0.2) is 0 Å². The number of urea groups is 1. The van der Waals surface area contributed by atoms with E-state index in [1.165, 1.54) is 19.3 Å². The first-order valence-electron chi connectivity index (χ1n) is 18.8. The molecule has 0 aromatic heterocycles. The Hall–Kier alpha value is -4.03. The van der Waals surface area contributed by atoms with Gasteiger partial charge in [-0.05, 0) is 75.0 Å². The molecule has 4 heterocycles. The quantitative estimate of drug-likeness (QED) is 0.213. The molecule has 3 amide bonds. The van der Waals surface area contributed by atoms with E-state index in [1.807, 2.05) is 44.2 Å². The lowest BCUT2D eigenvalue weighted by Gasteiger charge is -2.39. The molecular weight excluding hydrogens is 730 g/mol. The zero-order valence-corrected chi connectivity index (χ0v) is 32.9. The SMILES string of the molecule is C=CCO.C=Cc1ccc(C2N=C(c3ccc(C(F)(F)F)cc3OC)N(C(=O)N3CCC(NC(=O)CN4CCC5(CC4)OCCP5)CC3)C2/C(C)=C/C)cc1. The van der Waals surface area contributed by atoms with Gasteiger partial charge < -0.3 is 24.8 Å². The van der Waals surface area contributed by atoms with Gasteiger partial charge in [-0.3, -0.25) is 19.6 Å². The van der Waals surface area contributed by atoms with E-state index < -0.39 is 23.8 Å². The molecule has 3 unspecified atom stereocenters. The van der Waals surface area contributed by atoms with Crippen LogP contribution in [0.4, 0.5) is 18.0 Å². The van der Waals surface area contributed by atoms with Gasteiger partial charge in [-0.15, -0.1) is 6.58 Å². The molecule has 4 aliphatic heterocycles. The van der Waals surface area contributed by atoms with Gasteiger partial charge in [0.1, 0.15) is 17.6 Å². The number of alkyl halides is 3. The van der Waals surface area contributed by atoms with Crippen molar-refractivity contribution in [3.05, 3.63) is 95.6 Å². The summed E-state index contributed by atoms with van der Waals surface area (Å²) in [6.07, 6.45) is 4.77. The molecule has 3 saturated heterocycles. The van der Waals surface area contributed by atoms with Crippen LogP contribution in [-0.4, -0.2) is 114 Å². The number of piperidine rings is 2. The molecule has 2 aromatic carbocycles. The van der Waals surface area contributed by atoms with E-state index in [1.54, 1.807) is 15.9 Å². The molecule has 2 N–H and O–H groups in total. The number of amidine groups is 1. The number of aliphatic hydroxyl groups is 1. The highest BCUT2D eigenvalue weighted by Crippen LogP contribution is 2.46. The first kappa shape index (κ1) is 42.1. The Balaban J connectivity index is 0.00000138. The number of likely N-dealkylation sites (tertiary alicyclic amines) is 2. The van der Waals surface area contributed by atoms with Crippen molar-refractivity contribution in [3.8, 4) is 5.75 Å². The predicted molar refractivity (Wildman–Crippen MR) is 212 cm³/mol. The molecule has 298 valence electrons.